The molecule has 20 heavy (non-hydrogen) atoms. The zero-order valence-corrected chi connectivity index (χ0v) is 11.3. The van der Waals surface area contributed by atoms with Crippen molar-refractivity contribution >= 4 is 5.97 Å². The van der Waals surface area contributed by atoms with Gasteiger partial charge in [-0.2, -0.15) is 0 Å². The van der Waals surface area contributed by atoms with Gasteiger partial charge >= 0.3 is 5.97 Å². The molecule has 0 atom stereocenters. The molecule has 1 aromatic heterocycles. The van der Waals surface area contributed by atoms with Crippen molar-refractivity contribution < 1.29 is 19.4 Å². The Kier molecular flexibility index (Phi) is 4.20. The van der Waals surface area contributed by atoms with Gasteiger partial charge < -0.3 is 14.6 Å². The van der Waals surface area contributed by atoms with Gasteiger partial charge in [-0.15, -0.1) is 0 Å². The summed E-state index contributed by atoms with van der Waals surface area (Å²) in [5.74, 6) is 0.453. The maximum Gasteiger partial charge on any atom is 0.354 e. The van der Waals surface area contributed by atoms with Crippen LogP contribution in [0.1, 0.15) is 23.0 Å². The van der Waals surface area contributed by atoms with E-state index in [-0.39, 0.29) is 5.69 Å². The first-order valence-corrected chi connectivity index (χ1v) is 6.18. The van der Waals surface area contributed by atoms with Crippen molar-refractivity contribution in [2.45, 2.75) is 13.3 Å². The van der Waals surface area contributed by atoms with Crippen molar-refractivity contribution in [3.63, 3.8) is 0 Å². The number of hydrogen-bond donors (Lipinski definition) is 1. The van der Waals surface area contributed by atoms with Crippen molar-refractivity contribution in [1.29, 1.82) is 0 Å². The maximum absolute atomic E-state index is 10.9. The smallest absolute Gasteiger partial charge is 0.354 e. The summed E-state index contributed by atoms with van der Waals surface area (Å²) in [4.78, 5) is 14.6. The minimum atomic E-state index is -1.09. The van der Waals surface area contributed by atoms with E-state index in [9.17, 15) is 4.79 Å². The molecule has 0 saturated heterocycles. The van der Waals surface area contributed by atoms with Gasteiger partial charge in [-0.1, -0.05) is 13.0 Å². The third-order valence-corrected chi connectivity index (χ3v) is 2.81. The van der Waals surface area contributed by atoms with Crippen LogP contribution in [0.2, 0.25) is 0 Å². The van der Waals surface area contributed by atoms with Gasteiger partial charge in [0.25, 0.3) is 0 Å². The van der Waals surface area contributed by atoms with Crippen LogP contribution in [-0.4, -0.2) is 23.2 Å². The lowest BCUT2D eigenvalue weighted by molar-refractivity contribution is 0.0690. The molecule has 0 aliphatic carbocycles. The lowest BCUT2D eigenvalue weighted by Gasteiger charge is -2.11. The van der Waals surface area contributed by atoms with Crippen LogP contribution in [0.3, 0.4) is 0 Å². The lowest BCUT2D eigenvalue weighted by atomic mass is 10.1. The van der Waals surface area contributed by atoms with E-state index in [1.165, 1.54) is 12.3 Å². The van der Waals surface area contributed by atoms with Crippen molar-refractivity contribution in [1.82, 2.24) is 4.98 Å². The van der Waals surface area contributed by atoms with E-state index in [0.717, 1.165) is 12.0 Å². The molecule has 5 nitrogen and oxygen atoms in total. The van der Waals surface area contributed by atoms with Crippen LogP contribution in [-0.2, 0) is 6.42 Å². The van der Waals surface area contributed by atoms with E-state index in [4.69, 9.17) is 14.6 Å². The average molecular weight is 273 g/mol. The van der Waals surface area contributed by atoms with Crippen LogP contribution >= 0.6 is 0 Å². The number of benzene rings is 1. The number of nitrogens with zero attached hydrogens (tertiary/aromatic N) is 1. The fourth-order valence-electron chi connectivity index (χ4n) is 1.73. The number of carboxylic acid groups (broad SMARTS) is 1. The van der Waals surface area contributed by atoms with E-state index in [0.29, 0.717) is 17.2 Å². The van der Waals surface area contributed by atoms with Crippen LogP contribution in [0.5, 0.6) is 17.2 Å². The molecule has 1 heterocycles. The molecule has 2 aromatic rings. The molecule has 0 amide bonds. The molecule has 1 N–H and O–H groups in total. The largest absolute Gasteiger partial charge is 0.493 e. The predicted octanol–water partition coefficient (Wildman–Crippen LogP) is 3.14. The highest BCUT2D eigenvalue weighted by Gasteiger charge is 2.09. The third kappa shape index (κ3) is 3.06. The maximum atomic E-state index is 10.9. The number of aromatic carboxylic acids is 1. The van der Waals surface area contributed by atoms with Crippen LogP contribution < -0.4 is 9.47 Å². The van der Waals surface area contributed by atoms with Crippen molar-refractivity contribution in [3.05, 3.63) is 47.8 Å². The number of carboxylic acids is 1. The average Bonchev–Trinajstić information content (AvgIpc) is 2.48. The molecule has 5 heteroatoms. The molecular formula is C15H15NO4. The number of methoxy groups -OCH3 is 1. The van der Waals surface area contributed by atoms with Crippen LogP contribution in [0, 0.1) is 0 Å². The second-order valence-electron chi connectivity index (χ2n) is 4.12. The Balaban J connectivity index is 2.29. The minimum Gasteiger partial charge on any atom is -0.493 e. The van der Waals surface area contributed by atoms with Gasteiger partial charge in [0.05, 0.1) is 7.11 Å². The van der Waals surface area contributed by atoms with Crippen molar-refractivity contribution in [2.75, 3.05) is 7.11 Å². The van der Waals surface area contributed by atoms with Crippen LogP contribution in [0.25, 0.3) is 0 Å². The number of aryl methyl sites for hydroxylation is 1. The minimum absolute atomic E-state index is 0.0633. The zero-order valence-electron chi connectivity index (χ0n) is 11.3. The highest BCUT2D eigenvalue weighted by Crippen LogP contribution is 2.32. The molecule has 0 spiro atoms. The van der Waals surface area contributed by atoms with Crippen molar-refractivity contribution in [2.24, 2.45) is 0 Å². The fraction of sp³-hybridized carbons (Fsp3) is 0.200. The van der Waals surface area contributed by atoms with Gasteiger partial charge in [0.2, 0.25) is 0 Å². The predicted molar refractivity (Wildman–Crippen MR) is 73.6 cm³/mol. The number of aromatic nitrogens is 1. The Morgan fingerprint density at radius 1 is 1.25 bits per heavy atom. The van der Waals surface area contributed by atoms with E-state index < -0.39 is 5.97 Å². The molecule has 104 valence electrons. The first-order chi connectivity index (χ1) is 9.63. The van der Waals surface area contributed by atoms with Crippen molar-refractivity contribution in [3.8, 4) is 17.2 Å². The second kappa shape index (κ2) is 6.06. The molecular weight excluding hydrogens is 258 g/mol. The number of carbonyl (C=O) groups is 1. The first-order valence-electron chi connectivity index (χ1n) is 6.18. The van der Waals surface area contributed by atoms with E-state index >= 15 is 0 Å². The van der Waals surface area contributed by atoms with Gasteiger partial charge in [-0.05, 0) is 30.2 Å². The summed E-state index contributed by atoms with van der Waals surface area (Å²) in [6.45, 7) is 2.05. The quantitative estimate of drug-likeness (QED) is 0.906. The summed E-state index contributed by atoms with van der Waals surface area (Å²) >= 11 is 0. The highest BCUT2D eigenvalue weighted by atomic mass is 16.5. The Bertz CT molecular complexity index is 625. The summed E-state index contributed by atoms with van der Waals surface area (Å²) in [5.41, 5.74) is 1.07. The van der Waals surface area contributed by atoms with E-state index in [1.54, 1.807) is 19.2 Å². The number of hydrogen-bond acceptors (Lipinski definition) is 4. The molecule has 0 aliphatic rings. The van der Waals surface area contributed by atoms with Gasteiger partial charge in [0.15, 0.2) is 17.2 Å². The summed E-state index contributed by atoms with van der Waals surface area (Å²) in [6, 6.07) is 8.61. The number of pyridine rings is 1. The topological polar surface area (TPSA) is 68.7 Å². The number of ether oxygens (including phenoxy) is 2. The SMILES string of the molecule is CCc1ccc(Oc2ccnc(C(=O)O)c2)c(OC)c1. The van der Waals surface area contributed by atoms with Gasteiger partial charge in [-0.3, -0.25) is 0 Å². The fourth-order valence-corrected chi connectivity index (χ4v) is 1.73. The summed E-state index contributed by atoms with van der Waals surface area (Å²) in [5, 5.41) is 8.90. The molecule has 0 saturated carbocycles. The van der Waals surface area contributed by atoms with Crippen LogP contribution in [0.15, 0.2) is 36.5 Å². The molecule has 0 unspecified atom stereocenters. The first kappa shape index (κ1) is 13.9. The standard InChI is InChI=1S/C15H15NO4/c1-3-10-4-5-13(14(8-10)19-2)20-11-6-7-16-12(9-11)15(17)18/h4-9H,3H2,1-2H3,(H,17,18). The lowest BCUT2D eigenvalue weighted by Crippen LogP contribution is -2.00. The Morgan fingerprint density at radius 3 is 2.70 bits per heavy atom. The van der Waals surface area contributed by atoms with Crippen LogP contribution in [0.4, 0.5) is 0 Å². The molecule has 2 rings (SSSR count). The van der Waals surface area contributed by atoms with E-state index in [1.807, 2.05) is 12.1 Å². The Labute approximate surface area is 116 Å². The molecule has 0 fully saturated rings. The number of rotatable bonds is 5. The zero-order chi connectivity index (χ0) is 14.5. The molecule has 0 aliphatic heterocycles. The monoisotopic (exact) mass is 273 g/mol. The Morgan fingerprint density at radius 2 is 2.05 bits per heavy atom. The van der Waals surface area contributed by atoms with Gasteiger partial charge in [0, 0.05) is 12.3 Å². The van der Waals surface area contributed by atoms with Gasteiger partial charge in [-0.25, -0.2) is 9.78 Å². The van der Waals surface area contributed by atoms with Gasteiger partial charge in [0.1, 0.15) is 5.75 Å². The summed E-state index contributed by atoms with van der Waals surface area (Å²) in [6.07, 6.45) is 2.29. The normalized spacial score (nSPS) is 10.1. The van der Waals surface area contributed by atoms with E-state index in [2.05, 4.69) is 11.9 Å². The summed E-state index contributed by atoms with van der Waals surface area (Å²) in [7, 11) is 1.57. The summed E-state index contributed by atoms with van der Waals surface area (Å²) < 4.78 is 10.9. The Hall–Kier alpha value is -2.56. The second-order valence-corrected chi connectivity index (χ2v) is 4.12. The third-order valence-electron chi connectivity index (χ3n) is 2.81. The highest BCUT2D eigenvalue weighted by molar-refractivity contribution is 5.85. The molecule has 0 radical (unpaired) electrons. The molecule has 1 aromatic carbocycles. The molecule has 0 bridgehead atoms.